The van der Waals surface area contributed by atoms with Crippen molar-refractivity contribution in [3.63, 3.8) is 0 Å². The number of methoxy groups -OCH3 is 1. The van der Waals surface area contributed by atoms with Gasteiger partial charge in [0, 0.05) is 25.7 Å². The number of likely N-dealkylation sites (tertiary alicyclic amines) is 1. The lowest BCUT2D eigenvalue weighted by Gasteiger charge is -2.31. The SMILES string of the molecule is COCC(C)NC(=S)NC1CCCN(C)C1. The monoisotopic (exact) mass is 245 g/mol. The van der Waals surface area contributed by atoms with E-state index in [0.29, 0.717) is 12.6 Å². The van der Waals surface area contributed by atoms with Gasteiger partial charge in [-0.1, -0.05) is 0 Å². The van der Waals surface area contributed by atoms with Gasteiger partial charge in [0.1, 0.15) is 0 Å². The number of hydrogen-bond acceptors (Lipinski definition) is 3. The summed E-state index contributed by atoms with van der Waals surface area (Å²) in [6.45, 7) is 5.00. The van der Waals surface area contributed by atoms with Crippen molar-refractivity contribution in [3.05, 3.63) is 0 Å². The summed E-state index contributed by atoms with van der Waals surface area (Å²) >= 11 is 5.27. The highest BCUT2D eigenvalue weighted by Crippen LogP contribution is 2.07. The number of ether oxygens (including phenoxy) is 1. The highest BCUT2D eigenvalue weighted by molar-refractivity contribution is 7.80. The molecule has 0 amide bonds. The number of nitrogens with one attached hydrogen (secondary N) is 2. The maximum atomic E-state index is 5.27. The number of piperidine rings is 1. The Morgan fingerprint density at radius 1 is 1.62 bits per heavy atom. The van der Waals surface area contributed by atoms with Crippen molar-refractivity contribution in [1.82, 2.24) is 15.5 Å². The van der Waals surface area contributed by atoms with Gasteiger partial charge in [0.05, 0.1) is 6.61 Å². The molecule has 1 aliphatic rings. The number of nitrogens with zero attached hydrogens (tertiary/aromatic N) is 1. The summed E-state index contributed by atoms with van der Waals surface area (Å²) in [6, 6.07) is 0.736. The zero-order valence-electron chi connectivity index (χ0n) is 10.5. The molecular formula is C11H23N3OS. The molecule has 0 aromatic carbocycles. The Bertz CT molecular complexity index is 225. The summed E-state index contributed by atoms with van der Waals surface area (Å²) in [7, 11) is 3.85. The summed E-state index contributed by atoms with van der Waals surface area (Å²) < 4.78 is 5.05. The standard InChI is InChI=1S/C11H23N3OS/c1-9(8-15-3)12-11(16)13-10-5-4-6-14(2)7-10/h9-10H,4-8H2,1-3H3,(H2,12,13,16). The minimum atomic E-state index is 0.256. The van der Waals surface area contributed by atoms with Crippen molar-refractivity contribution in [2.75, 3.05) is 33.9 Å². The third-order valence-electron chi connectivity index (χ3n) is 2.75. The van der Waals surface area contributed by atoms with Crippen LogP contribution in [0.5, 0.6) is 0 Å². The molecule has 1 aliphatic heterocycles. The van der Waals surface area contributed by atoms with Crippen LogP contribution in [0.4, 0.5) is 0 Å². The molecule has 0 aromatic rings. The van der Waals surface area contributed by atoms with Crippen molar-refractivity contribution >= 4 is 17.3 Å². The second kappa shape index (κ2) is 7.04. The third-order valence-corrected chi connectivity index (χ3v) is 2.99. The fraction of sp³-hybridized carbons (Fsp3) is 0.909. The summed E-state index contributed by atoms with van der Waals surface area (Å²) in [6.07, 6.45) is 2.44. The number of rotatable bonds is 4. The molecule has 5 heteroatoms. The van der Waals surface area contributed by atoms with Crippen LogP contribution >= 0.6 is 12.2 Å². The van der Waals surface area contributed by atoms with Crippen molar-refractivity contribution in [2.24, 2.45) is 0 Å². The summed E-state index contributed by atoms with van der Waals surface area (Å²) in [5, 5.41) is 7.32. The van der Waals surface area contributed by atoms with E-state index >= 15 is 0 Å². The maximum absolute atomic E-state index is 5.27. The first-order valence-electron chi connectivity index (χ1n) is 5.86. The highest BCUT2D eigenvalue weighted by Gasteiger charge is 2.17. The fourth-order valence-corrected chi connectivity index (χ4v) is 2.39. The highest BCUT2D eigenvalue weighted by atomic mass is 32.1. The van der Waals surface area contributed by atoms with E-state index in [1.807, 2.05) is 0 Å². The molecule has 1 heterocycles. The zero-order chi connectivity index (χ0) is 12.0. The molecule has 0 bridgehead atoms. The topological polar surface area (TPSA) is 36.5 Å². The second-order valence-electron chi connectivity index (χ2n) is 4.58. The minimum absolute atomic E-state index is 0.256. The van der Waals surface area contributed by atoms with Gasteiger partial charge in [-0.2, -0.15) is 0 Å². The smallest absolute Gasteiger partial charge is 0.166 e. The van der Waals surface area contributed by atoms with E-state index in [9.17, 15) is 0 Å². The van der Waals surface area contributed by atoms with Gasteiger partial charge in [0.15, 0.2) is 5.11 Å². The van der Waals surface area contributed by atoms with E-state index in [-0.39, 0.29) is 6.04 Å². The molecule has 16 heavy (non-hydrogen) atoms. The fourth-order valence-electron chi connectivity index (χ4n) is 2.03. The molecule has 1 fully saturated rings. The molecule has 0 radical (unpaired) electrons. The van der Waals surface area contributed by atoms with Crippen LogP contribution in [0.1, 0.15) is 19.8 Å². The largest absolute Gasteiger partial charge is 0.383 e. The normalized spacial score (nSPS) is 23.8. The molecule has 94 valence electrons. The van der Waals surface area contributed by atoms with Gasteiger partial charge in [-0.25, -0.2) is 0 Å². The molecule has 0 spiro atoms. The van der Waals surface area contributed by atoms with Crippen LogP contribution in [-0.4, -0.2) is 55.9 Å². The van der Waals surface area contributed by atoms with Crippen molar-refractivity contribution < 1.29 is 4.74 Å². The van der Waals surface area contributed by atoms with Crippen LogP contribution in [-0.2, 0) is 4.74 Å². The molecule has 4 nitrogen and oxygen atoms in total. The van der Waals surface area contributed by atoms with Crippen molar-refractivity contribution in [1.29, 1.82) is 0 Å². The second-order valence-corrected chi connectivity index (χ2v) is 4.98. The molecule has 2 unspecified atom stereocenters. The van der Waals surface area contributed by atoms with Gasteiger partial charge in [0.2, 0.25) is 0 Å². The number of thiocarbonyl (C=S) groups is 1. The molecule has 1 saturated heterocycles. The van der Waals surface area contributed by atoms with Crippen LogP contribution in [0, 0.1) is 0 Å². The number of likely N-dealkylation sites (N-methyl/N-ethyl adjacent to an activating group) is 1. The first-order valence-corrected chi connectivity index (χ1v) is 6.27. The molecule has 0 aromatic heterocycles. The van der Waals surface area contributed by atoms with Crippen molar-refractivity contribution in [2.45, 2.75) is 31.8 Å². The van der Waals surface area contributed by atoms with Crippen LogP contribution in [0.3, 0.4) is 0 Å². The molecular weight excluding hydrogens is 222 g/mol. The molecule has 0 saturated carbocycles. The van der Waals surface area contributed by atoms with E-state index < -0.39 is 0 Å². The average Bonchev–Trinajstić information content (AvgIpc) is 2.17. The van der Waals surface area contributed by atoms with E-state index in [1.54, 1.807) is 7.11 Å². The molecule has 1 rings (SSSR count). The molecule has 0 aliphatic carbocycles. The number of hydrogen-bond donors (Lipinski definition) is 2. The lowest BCUT2D eigenvalue weighted by molar-refractivity contribution is 0.178. The summed E-state index contributed by atoms with van der Waals surface area (Å²) in [5.41, 5.74) is 0. The van der Waals surface area contributed by atoms with Gasteiger partial charge >= 0.3 is 0 Å². The van der Waals surface area contributed by atoms with Crippen LogP contribution < -0.4 is 10.6 Å². The Morgan fingerprint density at radius 2 is 2.38 bits per heavy atom. The third kappa shape index (κ3) is 5.09. The Hall–Kier alpha value is -0.390. The first-order chi connectivity index (χ1) is 7.61. The van der Waals surface area contributed by atoms with E-state index in [4.69, 9.17) is 17.0 Å². The lowest BCUT2D eigenvalue weighted by atomic mass is 10.1. The molecule has 2 atom stereocenters. The first kappa shape index (κ1) is 13.7. The maximum Gasteiger partial charge on any atom is 0.166 e. The van der Waals surface area contributed by atoms with Gasteiger partial charge in [-0.15, -0.1) is 0 Å². The Labute approximate surface area is 104 Å². The Morgan fingerprint density at radius 3 is 3.00 bits per heavy atom. The Balaban J connectivity index is 2.22. The van der Waals surface area contributed by atoms with E-state index in [2.05, 4.69) is 29.5 Å². The predicted octanol–water partition coefficient (Wildman–Crippen LogP) is 0.580. The predicted molar refractivity (Wildman–Crippen MR) is 70.7 cm³/mol. The average molecular weight is 245 g/mol. The quantitative estimate of drug-likeness (QED) is 0.709. The van der Waals surface area contributed by atoms with E-state index in [1.165, 1.54) is 19.4 Å². The summed E-state index contributed by atoms with van der Waals surface area (Å²) in [5.74, 6) is 0. The van der Waals surface area contributed by atoms with E-state index in [0.717, 1.165) is 11.7 Å². The van der Waals surface area contributed by atoms with Crippen LogP contribution in [0.15, 0.2) is 0 Å². The van der Waals surface area contributed by atoms with Gasteiger partial charge < -0.3 is 20.3 Å². The Kier molecular flexibility index (Phi) is 6.01. The van der Waals surface area contributed by atoms with Gasteiger partial charge in [-0.05, 0) is 45.6 Å². The lowest BCUT2D eigenvalue weighted by Crippen LogP contribution is -2.51. The zero-order valence-corrected chi connectivity index (χ0v) is 11.3. The minimum Gasteiger partial charge on any atom is -0.383 e. The van der Waals surface area contributed by atoms with Gasteiger partial charge in [0.25, 0.3) is 0 Å². The van der Waals surface area contributed by atoms with Crippen molar-refractivity contribution in [3.8, 4) is 0 Å². The molecule has 2 N–H and O–H groups in total. The summed E-state index contributed by atoms with van der Waals surface area (Å²) in [4.78, 5) is 2.34. The van der Waals surface area contributed by atoms with Crippen LogP contribution in [0.2, 0.25) is 0 Å². The van der Waals surface area contributed by atoms with Gasteiger partial charge in [-0.3, -0.25) is 0 Å². The van der Waals surface area contributed by atoms with Crippen LogP contribution in [0.25, 0.3) is 0 Å².